The van der Waals surface area contributed by atoms with E-state index in [1.807, 2.05) is 0 Å². The summed E-state index contributed by atoms with van der Waals surface area (Å²) in [7, 11) is 0. The molecule has 2 aromatic heterocycles. The van der Waals surface area contributed by atoms with Crippen LogP contribution in [0.25, 0.3) is 16.9 Å². The molecule has 0 spiro atoms. The van der Waals surface area contributed by atoms with Crippen molar-refractivity contribution < 1.29 is 9.53 Å². The second kappa shape index (κ2) is 5.24. The number of fused-ring (bicyclic) bond motifs is 1. The van der Waals surface area contributed by atoms with E-state index in [9.17, 15) is 9.59 Å². The van der Waals surface area contributed by atoms with Crippen molar-refractivity contribution in [3.63, 3.8) is 0 Å². The van der Waals surface area contributed by atoms with Gasteiger partial charge in [-0.05, 0) is 43.3 Å². The summed E-state index contributed by atoms with van der Waals surface area (Å²) in [5.74, 6) is -0.378. The number of nitrogens with one attached hydrogen (secondary N) is 1. The molecule has 0 amide bonds. The topological polar surface area (TPSA) is 77.0 Å². The van der Waals surface area contributed by atoms with Crippen molar-refractivity contribution in [2.75, 3.05) is 6.61 Å². The fraction of sp³-hybridized carbons (Fsp3) is 0.133. The predicted octanol–water partition coefficient (Wildman–Crippen LogP) is 1.89. The normalized spacial score (nSPS) is 10.7. The highest BCUT2D eigenvalue weighted by atomic mass is 16.5. The largest absolute Gasteiger partial charge is 0.462 e. The fourth-order valence-corrected chi connectivity index (χ4v) is 2.16. The van der Waals surface area contributed by atoms with Crippen LogP contribution in [0.4, 0.5) is 0 Å². The third-order valence-electron chi connectivity index (χ3n) is 3.09. The van der Waals surface area contributed by atoms with E-state index in [-0.39, 0.29) is 11.7 Å². The van der Waals surface area contributed by atoms with Crippen LogP contribution in [0.15, 0.2) is 47.4 Å². The second-order valence-corrected chi connectivity index (χ2v) is 4.40. The molecule has 3 rings (SSSR count). The van der Waals surface area contributed by atoms with Gasteiger partial charge in [0.05, 0.1) is 23.4 Å². The molecule has 0 aliphatic carbocycles. The summed E-state index contributed by atoms with van der Waals surface area (Å²) in [6.45, 7) is 2.08. The molecular formula is C15H13N3O3. The highest BCUT2D eigenvalue weighted by Crippen LogP contribution is 2.14. The van der Waals surface area contributed by atoms with Crippen LogP contribution < -0.4 is 5.69 Å². The molecule has 0 unspecified atom stereocenters. The van der Waals surface area contributed by atoms with Gasteiger partial charge in [-0.25, -0.2) is 14.6 Å². The first kappa shape index (κ1) is 13.1. The highest BCUT2D eigenvalue weighted by Gasteiger charge is 2.10. The van der Waals surface area contributed by atoms with Gasteiger partial charge in [0.2, 0.25) is 0 Å². The Bertz CT molecular complexity index is 846. The summed E-state index contributed by atoms with van der Waals surface area (Å²) in [5.41, 5.74) is 2.05. The Labute approximate surface area is 120 Å². The number of rotatable bonds is 3. The van der Waals surface area contributed by atoms with Crippen LogP contribution in [0, 0.1) is 0 Å². The van der Waals surface area contributed by atoms with E-state index in [1.165, 1.54) is 4.57 Å². The van der Waals surface area contributed by atoms with Crippen LogP contribution in [0.2, 0.25) is 0 Å². The Hall–Kier alpha value is -2.89. The second-order valence-electron chi connectivity index (χ2n) is 4.40. The summed E-state index contributed by atoms with van der Waals surface area (Å²) in [6.07, 6.45) is 1.62. The van der Waals surface area contributed by atoms with Gasteiger partial charge >= 0.3 is 11.7 Å². The molecule has 6 heteroatoms. The zero-order valence-corrected chi connectivity index (χ0v) is 11.4. The number of benzene rings is 1. The number of carbonyl (C=O) groups excluding carboxylic acids is 1. The highest BCUT2D eigenvalue weighted by molar-refractivity contribution is 5.89. The van der Waals surface area contributed by atoms with E-state index in [0.29, 0.717) is 29.0 Å². The monoisotopic (exact) mass is 283 g/mol. The number of nitrogens with zero attached hydrogens (tertiary/aromatic N) is 2. The lowest BCUT2D eigenvalue weighted by Gasteiger charge is -2.05. The fourth-order valence-electron chi connectivity index (χ4n) is 2.16. The van der Waals surface area contributed by atoms with Gasteiger partial charge in [0.25, 0.3) is 0 Å². The van der Waals surface area contributed by atoms with Crippen LogP contribution in [0.3, 0.4) is 0 Å². The van der Waals surface area contributed by atoms with Gasteiger partial charge in [-0.1, -0.05) is 0 Å². The van der Waals surface area contributed by atoms with Crippen LogP contribution in [-0.2, 0) is 4.74 Å². The number of esters is 1. The number of H-pyrrole nitrogens is 1. The molecule has 0 aliphatic heterocycles. The Morgan fingerprint density at radius 2 is 2.05 bits per heavy atom. The summed E-state index contributed by atoms with van der Waals surface area (Å²) in [5, 5.41) is 0. The van der Waals surface area contributed by atoms with Crippen LogP contribution >= 0.6 is 0 Å². The Balaban J connectivity index is 2.05. The Kier molecular flexibility index (Phi) is 3.27. The van der Waals surface area contributed by atoms with E-state index in [1.54, 1.807) is 49.5 Å². The molecule has 0 atom stereocenters. The van der Waals surface area contributed by atoms with Gasteiger partial charge in [-0.2, -0.15) is 0 Å². The number of carbonyl (C=O) groups is 1. The maximum absolute atomic E-state index is 12.0. The van der Waals surface area contributed by atoms with Crippen molar-refractivity contribution in [1.29, 1.82) is 0 Å². The molecule has 0 fully saturated rings. The van der Waals surface area contributed by atoms with E-state index in [2.05, 4.69) is 9.97 Å². The smallest absolute Gasteiger partial charge is 0.338 e. The summed E-state index contributed by atoms with van der Waals surface area (Å²) in [6, 6.07) is 10.2. The van der Waals surface area contributed by atoms with Crippen molar-refractivity contribution >= 4 is 17.1 Å². The maximum Gasteiger partial charge on any atom is 0.338 e. The quantitative estimate of drug-likeness (QED) is 0.745. The number of ether oxygens (including phenoxy) is 1. The molecule has 1 aromatic carbocycles. The Morgan fingerprint density at radius 3 is 2.76 bits per heavy atom. The van der Waals surface area contributed by atoms with E-state index < -0.39 is 0 Å². The number of hydrogen-bond acceptors (Lipinski definition) is 4. The first-order valence-electron chi connectivity index (χ1n) is 6.54. The predicted molar refractivity (Wildman–Crippen MR) is 77.6 cm³/mol. The minimum atomic E-state index is -0.378. The summed E-state index contributed by atoms with van der Waals surface area (Å²) >= 11 is 0. The van der Waals surface area contributed by atoms with E-state index in [4.69, 9.17) is 4.74 Å². The molecule has 0 bridgehead atoms. The van der Waals surface area contributed by atoms with Crippen molar-refractivity contribution in [3.8, 4) is 5.69 Å². The molecule has 3 aromatic rings. The third kappa shape index (κ3) is 2.31. The van der Waals surface area contributed by atoms with Crippen molar-refractivity contribution in [2.24, 2.45) is 0 Å². The average molecular weight is 283 g/mol. The summed E-state index contributed by atoms with van der Waals surface area (Å²) < 4.78 is 6.44. The molecule has 1 N–H and O–H groups in total. The molecule has 6 nitrogen and oxygen atoms in total. The Morgan fingerprint density at radius 1 is 1.29 bits per heavy atom. The van der Waals surface area contributed by atoms with Gasteiger partial charge in [0.15, 0.2) is 5.65 Å². The number of aromatic nitrogens is 3. The van der Waals surface area contributed by atoms with Crippen LogP contribution in [-0.4, -0.2) is 27.1 Å². The zero-order chi connectivity index (χ0) is 14.8. The average Bonchev–Trinajstić information content (AvgIpc) is 2.83. The van der Waals surface area contributed by atoms with Gasteiger partial charge in [0.1, 0.15) is 0 Å². The number of imidazole rings is 1. The molecule has 0 aliphatic rings. The van der Waals surface area contributed by atoms with E-state index >= 15 is 0 Å². The molecule has 106 valence electrons. The minimum absolute atomic E-state index is 0.271. The number of pyridine rings is 1. The molecule has 0 radical (unpaired) electrons. The minimum Gasteiger partial charge on any atom is -0.462 e. The lowest BCUT2D eigenvalue weighted by Crippen LogP contribution is -2.14. The molecular weight excluding hydrogens is 270 g/mol. The standard InChI is InChI=1S/C15H13N3O3/c1-2-21-14(19)10-5-7-11(8-6-10)18-12-4-3-9-16-13(12)17-15(18)20/h3-9H,2H2,1H3,(H,16,17,20). The number of aromatic amines is 1. The summed E-state index contributed by atoms with van der Waals surface area (Å²) in [4.78, 5) is 30.4. The maximum atomic E-state index is 12.0. The van der Waals surface area contributed by atoms with Gasteiger partial charge in [0, 0.05) is 6.20 Å². The van der Waals surface area contributed by atoms with Crippen LogP contribution in [0.5, 0.6) is 0 Å². The third-order valence-corrected chi connectivity index (χ3v) is 3.09. The first-order chi connectivity index (χ1) is 10.2. The molecule has 0 saturated carbocycles. The molecule has 0 saturated heterocycles. The molecule has 21 heavy (non-hydrogen) atoms. The zero-order valence-electron chi connectivity index (χ0n) is 11.4. The van der Waals surface area contributed by atoms with Crippen molar-refractivity contribution in [2.45, 2.75) is 6.92 Å². The SMILES string of the molecule is CCOC(=O)c1ccc(-n2c(=O)[nH]c3ncccc32)cc1. The van der Waals surface area contributed by atoms with Gasteiger partial charge in [-0.3, -0.25) is 9.55 Å². The van der Waals surface area contributed by atoms with Gasteiger partial charge < -0.3 is 4.74 Å². The lowest BCUT2D eigenvalue weighted by molar-refractivity contribution is 0.0526. The number of hydrogen-bond donors (Lipinski definition) is 1. The van der Waals surface area contributed by atoms with Crippen molar-refractivity contribution in [3.05, 3.63) is 58.6 Å². The van der Waals surface area contributed by atoms with Crippen LogP contribution in [0.1, 0.15) is 17.3 Å². The lowest BCUT2D eigenvalue weighted by atomic mass is 10.2. The first-order valence-corrected chi connectivity index (χ1v) is 6.54. The van der Waals surface area contributed by atoms with Gasteiger partial charge in [-0.15, -0.1) is 0 Å². The van der Waals surface area contributed by atoms with Crippen molar-refractivity contribution in [1.82, 2.24) is 14.5 Å². The molecule has 2 heterocycles. The van der Waals surface area contributed by atoms with E-state index in [0.717, 1.165) is 0 Å².